The molecule has 2 fully saturated rings. The minimum absolute atomic E-state index is 0.0292. The molecular formula is C30H39N5O5. The first kappa shape index (κ1) is 27.9. The first-order chi connectivity index (χ1) is 19.0. The molecule has 3 aromatic rings. The van der Waals surface area contributed by atoms with Gasteiger partial charge in [0.05, 0.1) is 40.7 Å². The van der Waals surface area contributed by atoms with Crippen LogP contribution in [0.15, 0.2) is 42.7 Å². The number of pyridine rings is 1. The van der Waals surface area contributed by atoms with Gasteiger partial charge in [-0.15, -0.1) is 0 Å². The summed E-state index contributed by atoms with van der Waals surface area (Å²) < 4.78 is 13.5. The molecule has 0 unspecified atom stereocenters. The van der Waals surface area contributed by atoms with Gasteiger partial charge in [0, 0.05) is 6.04 Å². The number of aromatic nitrogens is 2. The molecule has 2 amide bonds. The number of unbranched alkanes of at least 4 members (excludes halogenated alkanes) is 1. The molecule has 2 aliphatic rings. The third kappa shape index (κ3) is 6.23. The maximum Gasteiger partial charge on any atom is 0.255 e. The molecule has 0 atom stereocenters. The molecule has 1 spiro atoms. The van der Waals surface area contributed by atoms with Crippen LogP contribution in [-0.2, 0) is 6.42 Å². The Hall–Kier alpha value is -3.63. The van der Waals surface area contributed by atoms with E-state index in [0.717, 1.165) is 50.5 Å². The van der Waals surface area contributed by atoms with Crippen molar-refractivity contribution in [1.82, 2.24) is 14.9 Å². The number of fused-ring (bicyclic) bond motifs is 1. The van der Waals surface area contributed by atoms with E-state index in [1.54, 1.807) is 49.0 Å². The number of aliphatic hydroxyl groups is 1. The fourth-order valence-corrected chi connectivity index (χ4v) is 5.84. The van der Waals surface area contributed by atoms with E-state index in [0.29, 0.717) is 34.7 Å². The maximum atomic E-state index is 13.0. The van der Waals surface area contributed by atoms with Gasteiger partial charge < -0.3 is 31.4 Å². The summed E-state index contributed by atoms with van der Waals surface area (Å²) in [6.07, 6.45) is 9.68. The Labute approximate surface area is 234 Å². The van der Waals surface area contributed by atoms with E-state index in [-0.39, 0.29) is 30.1 Å². The fraction of sp³-hybridized carbons (Fsp3) is 0.500. The second-order valence-electron chi connectivity index (χ2n) is 12.0. The lowest BCUT2D eigenvalue weighted by molar-refractivity contribution is -0.0834. The van der Waals surface area contributed by atoms with Crippen LogP contribution in [0.5, 0.6) is 11.5 Å². The zero-order valence-corrected chi connectivity index (χ0v) is 23.2. The Bertz CT molecular complexity index is 1380. The topological polar surface area (TPSA) is 154 Å². The number of nitrogens with zero attached hydrogens (tertiary/aromatic N) is 2. The standard InChI is InChI=1S/C30H39N5O5/c1-29(2,38)18-39-21-7-9-25-24(16-33-35(25)17-21)28(37)34-20-12-30(13-20)14-22(15-30)40-26-11-19(5-3-4-10-31)6-8-23(26)27(32)36/h6-9,11,16-17,20,22,38H,3-5,10,12-15,18,31H2,1-2H3,(H2,32,36)(H,34,37). The van der Waals surface area contributed by atoms with Crippen molar-refractivity contribution in [3.05, 3.63) is 59.4 Å². The molecule has 2 saturated carbocycles. The number of aryl methyl sites for hydroxylation is 1. The van der Waals surface area contributed by atoms with Gasteiger partial charge in [0.2, 0.25) is 0 Å². The van der Waals surface area contributed by atoms with Crippen molar-refractivity contribution in [1.29, 1.82) is 0 Å². The number of nitrogens with two attached hydrogens (primary N) is 2. The number of amides is 2. The van der Waals surface area contributed by atoms with E-state index < -0.39 is 11.5 Å². The van der Waals surface area contributed by atoms with Gasteiger partial charge in [-0.05, 0) is 101 Å². The lowest BCUT2D eigenvalue weighted by Crippen LogP contribution is -2.58. The van der Waals surface area contributed by atoms with Crippen LogP contribution in [0.1, 0.15) is 78.7 Å². The highest BCUT2D eigenvalue weighted by Crippen LogP contribution is 2.57. The van der Waals surface area contributed by atoms with Crippen LogP contribution >= 0.6 is 0 Å². The van der Waals surface area contributed by atoms with Crippen LogP contribution in [0.25, 0.3) is 5.52 Å². The van der Waals surface area contributed by atoms with Gasteiger partial charge in [0.25, 0.3) is 11.8 Å². The molecule has 5 rings (SSSR count). The first-order valence-corrected chi connectivity index (χ1v) is 14.0. The summed E-state index contributed by atoms with van der Waals surface area (Å²) in [7, 11) is 0. The highest BCUT2D eigenvalue weighted by atomic mass is 16.5. The van der Waals surface area contributed by atoms with Crippen molar-refractivity contribution in [2.75, 3.05) is 13.2 Å². The molecule has 0 saturated heterocycles. The van der Waals surface area contributed by atoms with Crippen molar-refractivity contribution >= 4 is 17.3 Å². The SMILES string of the molecule is CC(C)(O)COc1ccc2c(C(=O)NC3CC4(C3)CC(Oc3cc(CCCCN)ccc3C(N)=O)C4)cnn2c1. The number of ether oxygens (including phenoxy) is 2. The second-order valence-corrected chi connectivity index (χ2v) is 12.0. The van der Waals surface area contributed by atoms with Crippen LogP contribution in [-0.4, -0.2) is 57.4 Å². The van der Waals surface area contributed by atoms with Gasteiger partial charge in [0.1, 0.15) is 18.1 Å². The molecule has 1 aromatic carbocycles. The Balaban J connectivity index is 1.12. The number of rotatable bonds is 12. The van der Waals surface area contributed by atoms with Crippen molar-refractivity contribution in [3.63, 3.8) is 0 Å². The molecule has 10 nitrogen and oxygen atoms in total. The smallest absolute Gasteiger partial charge is 0.255 e. The third-order valence-electron chi connectivity index (χ3n) is 7.87. The summed E-state index contributed by atoms with van der Waals surface area (Å²) in [5, 5.41) is 17.3. The Morgan fingerprint density at radius 1 is 1.15 bits per heavy atom. The molecule has 2 aromatic heterocycles. The number of hydrogen-bond acceptors (Lipinski definition) is 7. The number of nitrogens with one attached hydrogen (secondary N) is 1. The monoisotopic (exact) mass is 549 g/mol. The Kier molecular flexibility index (Phi) is 7.74. The van der Waals surface area contributed by atoms with E-state index in [1.807, 2.05) is 12.1 Å². The van der Waals surface area contributed by atoms with Crippen LogP contribution in [0.4, 0.5) is 0 Å². The van der Waals surface area contributed by atoms with Crippen LogP contribution in [0.2, 0.25) is 0 Å². The number of hydrogen-bond donors (Lipinski definition) is 4. The molecule has 2 aliphatic carbocycles. The summed E-state index contributed by atoms with van der Waals surface area (Å²) in [5.74, 6) is 0.483. The van der Waals surface area contributed by atoms with Crippen molar-refractivity contribution in [2.24, 2.45) is 16.9 Å². The fourth-order valence-electron chi connectivity index (χ4n) is 5.84. The summed E-state index contributed by atoms with van der Waals surface area (Å²) in [4.78, 5) is 25.0. The number of carbonyl (C=O) groups is 2. The summed E-state index contributed by atoms with van der Waals surface area (Å²) >= 11 is 0. The molecule has 10 heteroatoms. The van der Waals surface area contributed by atoms with Crippen molar-refractivity contribution in [3.8, 4) is 11.5 Å². The average Bonchev–Trinajstić information content (AvgIpc) is 3.28. The van der Waals surface area contributed by atoms with Gasteiger partial charge in [-0.1, -0.05) is 6.07 Å². The predicted octanol–water partition coefficient (Wildman–Crippen LogP) is 2.98. The number of primary amides is 1. The Morgan fingerprint density at radius 2 is 1.93 bits per heavy atom. The molecule has 214 valence electrons. The van der Waals surface area contributed by atoms with Gasteiger partial charge in [-0.2, -0.15) is 5.10 Å². The molecule has 2 heterocycles. The molecule has 0 bridgehead atoms. The van der Waals surface area contributed by atoms with Crippen LogP contribution in [0.3, 0.4) is 0 Å². The van der Waals surface area contributed by atoms with Gasteiger partial charge in [-0.25, -0.2) is 4.52 Å². The second kappa shape index (κ2) is 11.1. The molecular weight excluding hydrogens is 510 g/mol. The van der Waals surface area contributed by atoms with Gasteiger partial charge in [0.15, 0.2) is 0 Å². The maximum absolute atomic E-state index is 13.0. The normalized spacial score (nSPS) is 22.0. The lowest BCUT2D eigenvalue weighted by atomic mass is 9.53. The zero-order chi connectivity index (χ0) is 28.5. The zero-order valence-electron chi connectivity index (χ0n) is 23.2. The van der Waals surface area contributed by atoms with E-state index in [1.165, 1.54) is 0 Å². The largest absolute Gasteiger partial charge is 0.490 e. The summed E-state index contributed by atoms with van der Waals surface area (Å²) in [6.45, 7) is 4.16. The predicted molar refractivity (Wildman–Crippen MR) is 151 cm³/mol. The van der Waals surface area contributed by atoms with Gasteiger partial charge >= 0.3 is 0 Å². The van der Waals surface area contributed by atoms with Crippen LogP contribution in [0, 0.1) is 5.41 Å². The van der Waals surface area contributed by atoms with E-state index in [9.17, 15) is 14.7 Å². The first-order valence-electron chi connectivity index (χ1n) is 14.0. The van der Waals surface area contributed by atoms with Gasteiger partial charge in [-0.3, -0.25) is 9.59 Å². The van der Waals surface area contributed by atoms with E-state index in [2.05, 4.69) is 10.4 Å². The van der Waals surface area contributed by atoms with Crippen molar-refractivity contribution < 1.29 is 24.2 Å². The summed E-state index contributed by atoms with van der Waals surface area (Å²) in [5.41, 5.74) is 13.1. The minimum Gasteiger partial charge on any atom is -0.490 e. The molecule has 0 aliphatic heterocycles. The Morgan fingerprint density at radius 3 is 2.62 bits per heavy atom. The van der Waals surface area contributed by atoms with Crippen LogP contribution < -0.4 is 26.3 Å². The van der Waals surface area contributed by atoms with Crippen molar-refractivity contribution in [2.45, 2.75) is 76.5 Å². The van der Waals surface area contributed by atoms with E-state index in [4.69, 9.17) is 20.9 Å². The lowest BCUT2D eigenvalue weighted by Gasteiger charge is -2.57. The third-order valence-corrected chi connectivity index (χ3v) is 7.87. The highest BCUT2D eigenvalue weighted by molar-refractivity contribution is 6.00. The average molecular weight is 550 g/mol. The minimum atomic E-state index is -0.946. The number of carbonyl (C=O) groups excluding carboxylic acids is 2. The number of benzene rings is 1. The molecule has 0 radical (unpaired) electrons. The van der Waals surface area contributed by atoms with E-state index >= 15 is 0 Å². The summed E-state index contributed by atoms with van der Waals surface area (Å²) in [6, 6.07) is 9.29. The molecule has 6 N–H and O–H groups in total. The molecule has 40 heavy (non-hydrogen) atoms. The highest BCUT2D eigenvalue weighted by Gasteiger charge is 2.54. The quantitative estimate of drug-likeness (QED) is 0.253.